The number of anilines is 2. The van der Waals surface area contributed by atoms with Gasteiger partial charge in [0.2, 0.25) is 5.91 Å². The molecule has 0 N–H and O–H groups in total. The molecule has 0 saturated carbocycles. The van der Waals surface area contributed by atoms with Gasteiger partial charge in [0.05, 0.1) is 17.4 Å². The summed E-state index contributed by atoms with van der Waals surface area (Å²) in [6.45, 7) is 1.91. The van der Waals surface area contributed by atoms with Crippen LogP contribution in [0.2, 0.25) is 0 Å². The number of benzene rings is 3. The van der Waals surface area contributed by atoms with Crippen molar-refractivity contribution in [3.63, 3.8) is 0 Å². The average molecular weight is 402 g/mol. The predicted octanol–water partition coefficient (Wildman–Crippen LogP) is 4.19. The molecule has 2 aliphatic heterocycles. The molecule has 3 aromatic carbocycles. The summed E-state index contributed by atoms with van der Waals surface area (Å²) in [4.78, 5) is 33.9. The average Bonchev–Trinajstić information content (AvgIpc) is 3.26. The van der Waals surface area contributed by atoms with Gasteiger partial charge in [-0.3, -0.25) is 14.4 Å². The molecule has 0 unspecified atom stereocenters. The Morgan fingerprint density at radius 2 is 1.53 bits per heavy atom. The van der Waals surface area contributed by atoms with Gasteiger partial charge in [-0.2, -0.15) is 0 Å². The maximum Gasteiger partial charge on any atom is 0.266 e. The van der Waals surface area contributed by atoms with E-state index in [9.17, 15) is 14.0 Å². The maximum atomic E-state index is 13.5. The first-order chi connectivity index (χ1) is 14.5. The predicted molar refractivity (Wildman–Crippen MR) is 110 cm³/mol. The molecular formula is C24H19FN2O3. The van der Waals surface area contributed by atoms with E-state index in [2.05, 4.69) is 0 Å². The van der Waals surface area contributed by atoms with Crippen molar-refractivity contribution in [2.45, 2.75) is 19.1 Å². The number of hydroxylamine groups is 1. The van der Waals surface area contributed by atoms with Crippen molar-refractivity contribution in [3.05, 3.63) is 95.8 Å². The number of hydrogen-bond acceptors (Lipinski definition) is 4. The molecule has 30 heavy (non-hydrogen) atoms. The minimum Gasteiger partial charge on any atom is -0.273 e. The molecule has 5 rings (SSSR count). The molecule has 150 valence electrons. The molecule has 0 bridgehead atoms. The van der Waals surface area contributed by atoms with Gasteiger partial charge < -0.3 is 0 Å². The van der Waals surface area contributed by atoms with Gasteiger partial charge in [0.15, 0.2) is 6.10 Å². The van der Waals surface area contributed by atoms with Gasteiger partial charge in [-0.05, 0) is 54.4 Å². The highest BCUT2D eigenvalue weighted by Gasteiger charge is 2.60. The third kappa shape index (κ3) is 2.88. The molecule has 2 amide bonds. The number of imide groups is 1. The summed E-state index contributed by atoms with van der Waals surface area (Å²) in [5.41, 5.74) is 2.92. The number of carbonyl (C=O) groups is 2. The van der Waals surface area contributed by atoms with Crippen molar-refractivity contribution in [3.8, 4) is 0 Å². The normalized spacial score (nSPS) is 23.2. The zero-order valence-corrected chi connectivity index (χ0v) is 16.2. The van der Waals surface area contributed by atoms with Crippen LogP contribution in [-0.2, 0) is 14.4 Å². The first-order valence-electron chi connectivity index (χ1n) is 9.75. The molecule has 5 nitrogen and oxygen atoms in total. The fourth-order valence-corrected chi connectivity index (χ4v) is 4.23. The molecule has 0 spiro atoms. The van der Waals surface area contributed by atoms with Gasteiger partial charge in [0, 0.05) is 0 Å². The third-order valence-electron chi connectivity index (χ3n) is 5.60. The van der Waals surface area contributed by atoms with Crippen LogP contribution in [0.5, 0.6) is 0 Å². The van der Waals surface area contributed by atoms with Crippen molar-refractivity contribution < 1.29 is 18.8 Å². The molecule has 3 atom stereocenters. The van der Waals surface area contributed by atoms with Gasteiger partial charge in [-0.25, -0.2) is 14.4 Å². The lowest BCUT2D eigenvalue weighted by atomic mass is 9.90. The van der Waals surface area contributed by atoms with E-state index in [1.807, 2.05) is 49.4 Å². The molecule has 0 aromatic heterocycles. The Bertz CT molecular complexity index is 1120. The highest BCUT2D eigenvalue weighted by Crippen LogP contribution is 2.47. The monoisotopic (exact) mass is 402 g/mol. The highest BCUT2D eigenvalue weighted by molar-refractivity contribution is 6.23. The second kappa shape index (κ2) is 7.07. The number of nitrogens with zero attached hydrogens (tertiary/aromatic N) is 2. The first kappa shape index (κ1) is 18.5. The second-order valence-electron chi connectivity index (χ2n) is 7.56. The molecule has 2 aliphatic rings. The quantitative estimate of drug-likeness (QED) is 0.617. The maximum absolute atomic E-state index is 13.5. The first-order valence-corrected chi connectivity index (χ1v) is 9.75. The number of hydrogen-bond donors (Lipinski definition) is 0. The molecule has 2 fully saturated rings. The van der Waals surface area contributed by atoms with E-state index in [1.54, 1.807) is 29.3 Å². The van der Waals surface area contributed by atoms with Crippen LogP contribution < -0.4 is 9.96 Å². The summed E-state index contributed by atoms with van der Waals surface area (Å²) >= 11 is 0. The van der Waals surface area contributed by atoms with E-state index in [0.717, 1.165) is 11.3 Å². The van der Waals surface area contributed by atoms with Gasteiger partial charge in [-0.15, -0.1) is 0 Å². The molecule has 2 saturated heterocycles. The van der Waals surface area contributed by atoms with Crippen molar-refractivity contribution in [2.24, 2.45) is 5.92 Å². The van der Waals surface area contributed by atoms with Crippen molar-refractivity contribution >= 4 is 23.2 Å². The van der Waals surface area contributed by atoms with Crippen LogP contribution in [-0.4, -0.2) is 17.9 Å². The van der Waals surface area contributed by atoms with Crippen LogP contribution >= 0.6 is 0 Å². The van der Waals surface area contributed by atoms with Crippen molar-refractivity contribution in [1.29, 1.82) is 0 Å². The molecule has 6 heteroatoms. The van der Waals surface area contributed by atoms with Gasteiger partial charge in [0.1, 0.15) is 11.7 Å². The number of aryl methyl sites for hydroxylation is 1. The number of carbonyl (C=O) groups excluding carboxylic acids is 2. The third-order valence-corrected chi connectivity index (χ3v) is 5.60. The van der Waals surface area contributed by atoms with Gasteiger partial charge in [-0.1, -0.05) is 42.5 Å². The smallest absolute Gasteiger partial charge is 0.266 e. The Balaban J connectivity index is 1.59. The van der Waals surface area contributed by atoms with Crippen LogP contribution in [0, 0.1) is 18.7 Å². The molecular weight excluding hydrogens is 383 g/mol. The number of fused-ring (bicyclic) bond motifs is 1. The second-order valence-corrected chi connectivity index (χ2v) is 7.56. The van der Waals surface area contributed by atoms with Crippen LogP contribution in [0.4, 0.5) is 15.8 Å². The minimum absolute atomic E-state index is 0.316. The van der Waals surface area contributed by atoms with Crippen LogP contribution in [0.1, 0.15) is 17.2 Å². The number of halogens is 1. The minimum atomic E-state index is -0.937. The molecule has 3 aromatic rings. The summed E-state index contributed by atoms with van der Waals surface area (Å²) < 4.78 is 13.5. The summed E-state index contributed by atoms with van der Waals surface area (Å²) in [6, 6.07) is 22.0. The number of amides is 2. The van der Waals surface area contributed by atoms with E-state index >= 15 is 0 Å². The summed E-state index contributed by atoms with van der Waals surface area (Å²) in [5.74, 6) is -1.80. The van der Waals surface area contributed by atoms with Crippen molar-refractivity contribution in [1.82, 2.24) is 0 Å². The van der Waals surface area contributed by atoms with Gasteiger partial charge in [0.25, 0.3) is 5.91 Å². The highest BCUT2D eigenvalue weighted by atomic mass is 19.1. The largest absolute Gasteiger partial charge is 0.273 e. The van der Waals surface area contributed by atoms with Crippen molar-refractivity contribution in [2.75, 3.05) is 9.96 Å². The lowest BCUT2D eigenvalue weighted by Crippen LogP contribution is -2.37. The lowest BCUT2D eigenvalue weighted by molar-refractivity contribution is -0.126. The zero-order chi connectivity index (χ0) is 20.8. The van der Waals surface area contributed by atoms with E-state index in [0.29, 0.717) is 11.3 Å². The van der Waals surface area contributed by atoms with E-state index < -0.39 is 18.1 Å². The standard InChI is InChI=1S/C24H19FN2O3/c1-15-6-5-9-19(14-15)26-23(28)20-21(16-10-12-17(25)13-11-16)27(30-22(20)24(26)29)18-7-3-2-4-8-18/h2-14,20-22H,1H3/t20-,21+,22+/m1/s1. The topological polar surface area (TPSA) is 49.9 Å². The molecule has 0 aliphatic carbocycles. The Labute approximate surface area is 173 Å². The van der Waals surface area contributed by atoms with E-state index in [1.165, 1.54) is 17.0 Å². The fourth-order valence-electron chi connectivity index (χ4n) is 4.23. The lowest BCUT2D eigenvalue weighted by Gasteiger charge is -2.28. The summed E-state index contributed by atoms with van der Waals surface area (Å²) in [7, 11) is 0. The molecule has 2 heterocycles. The number of para-hydroxylation sites is 1. The molecule has 0 radical (unpaired) electrons. The van der Waals surface area contributed by atoms with Crippen LogP contribution in [0.25, 0.3) is 0 Å². The van der Waals surface area contributed by atoms with E-state index in [4.69, 9.17) is 4.84 Å². The van der Waals surface area contributed by atoms with Crippen LogP contribution in [0.3, 0.4) is 0 Å². The Hall–Kier alpha value is -3.51. The van der Waals surface area contributed by atoms with E-state index in [-0.39, 0.29) is 17.6 Å². The number of rotatable bonds is 3. The fraction of sp³-hybridized carbons (Fsp3) is 0.167. The zero-order valence-electron chi connectivity index (χ0n) is 16.2. The Kier molecular flexibility index (Phi) is 4.37. The SMILES string of the molecule is Cc1cccc(N2C(=O)[C@H]3[C@H](ON(c4ccccc4)[C@H]3c3ccc(F)cc3)C2=O)c1. The van der Waals surface area contributed by atoms with Crippen LogP contribution in [0.15, 0.2) is 78.9 Å². The Morgan fingerprint density at radius 1 is 0.833 bits per heavy atom. The Morgan fingerprint density at radius 3 is 2.23 bits per heavy atom. The summed E-state index contributed by atoms with van der Waals surface area (Å²) in [6.07, 6.45) is -0.937. The van der Waals surface area contributed by atoms with Gasteiger partial charge >= 0.3 is 0 Å². The summed E-state index contributed by atoms with van der Waals surface area (Å²) in [5, 5.41) is 1.60.